The number of nitrogens with zero attached hydrogens (tertiary/aromatic N) is 3. The lowest BCUT2D eigenvalue weighted by molar-refractivity contribution is -0.138. The number of para-hydroxylation sites is 1. The summed E-state index contributed by atoms with van der Waals surface area (Å²) in [5.41, 5.74) is 0.879. The first kappa shape index (κ1) is 25.0. The number of hydrogen-bond acceptors (Lipinski definition) is 4. The van der Waals surface area contributed by atoms with Crippen LogP contribution in [0.5, 0.6) is 0 Å². The second kappa shape index (κ2) is 10.2. The first-order valence-corrected chi connectivity index (χ1v) is 11.5. The minimum absolute atomic E-state index is 0.204. The van der Waals surface area contributed by atoms with Gasteiger partial charge in [-0.3, -0.25) is 4.68 Å². The molecule has 1 fully saturated rings. The number of nitrogens with one attached hydrogen (secondary N) is 2. The molecule has 0 unspecified atom stereocenters. The van der Waals surface area contributed by atoms with Gasteiger partial charge in [-0.2, -0.15) is 18.3 Å². The molecule has 2 aromatic carbocycles. The molecule has 3 aromatic rings. The van der Waals surface area contributed by atoms with E-state index >= 15 is 0 Å². The number of alkyl halides is 3. The summed E-state index contributed by atoms with van der Waals surface area (Å²) in [6.45, 7) is 3.43. The van der Waals surface area contributed by atoms with Crippen molar-refractivity contribution in [3.63, 3.8) is 0 Å². The van der Waals surface area contributed by atoms with Gasteiger partial charge >= 0.3 is 6.18 Å². The Hall–Kier alpha value is -3.14. The topological polar surface area (TPSA) is 45.1 Å². The lowest BCUT2D eigenvalue weighted by atomic mass is 10.0. The highest BCUT2D eigenvalue weighted by Gasteiger charge is 2.34. The van der Waals surface area contributed by atoms with E-state index in [1.54, 1.807) is 24.0 Å². The molecular weight excluding hydrogens is 465 g/mol. The maximum Gasteiger partial charge on any atom is 0.416 e. The van der Waals surface area contributed by atoms with Crippen molar-refractivity contribution in [1.82, 2.24) is 15.1 Å². The van der Waals surface area contributed by atoms with Crippen molar-refractivity contribution in [3.05, 3.63) is 76.5 Å². The van der Waals surface area contributed by atoms with Crippen LogP contribution in [0.4, 0.5) is 33.5 Å². The Bertz CT molecular complexity index is 1150. The van der Waals surface area contributed by atoms with E-state index in [-0.39, 0.29) is 18.4 Å². The fourth-order valence-corrected chi connectivity index (χ4v) is 4.58. The monoisotopic (exact) mass is 493 g/mol. The van der Waals surface area contributed by atoms with Crippen molar-refractivity contribution >= 4 is 11.5 Å². The van der Waals surface area contributed by atoms with Crippen molar-refractivity contribution in [1.29, 1.82) is 0 Å². The van der Waals surface area contributed by atoms with Crippen LogP contribution in [0.2, 0.25) is 0 Å². The summed E-state index contributed by atoms with van der Waals surface area (Å²) in [6.07, 6.45) is -1.23. The number of anilines is 2. The largest absolute Gasteiger partial charge is 0.416 e. The van der Waals surface area contributed by atoms with Gasteiger partial charge in [0.15, 0.2) is 5.82 Å². The molecule has 0 bridgehead atoms. The van der Waals surface area contributed by atoms with Crippen LogP contribution < -0.4 is 15.5 Å². The van der Waals surface area contributed by atoms with Crippen molar-refractivity contribution in [2.75, 3.05) is 23.3 Å². The van der Waals surface area contributed by atoms with Gasteiger partial charge in [0.1, 0.15) is 11.6 Å². The van der Waals surface area contributed by atoms with Gasteiger partial charge < -0.3 is 15.5 Å². The summed E-state index contributed by atoms with van der Waals surface area (Å²) in [5.74, 6) is -0.735. The lowest BCUT2D eigenvalue weighted by Crippen LogP contribution is -2.42. The quantitative estimate of drug-likeness (QED) is 0.433. The number of halogens is 5. The SMILES string of the molecule is Cc1cccc(F)c1N1CCC(NCc2cn(C)nc2NCc2c(F)cccc2C(F)(F)F)CC1. The molecule has 0 amide bonds. The molecule has 0 aliphatic carbocycles. The number of aromatic nitrogens is 2. The van der Waals surface area contributed by atoms with E-state index in [2.05, 4.69) is 20.6 Å². The summed E-state index contributed by atoms with van der Waals surface area (Å²) >= 11 is 0. The molecule has 188 valence electrons. The van der Waals surface area contributed by atoms with Crippen molar-refractivity contribution in [2.45, 2.75) is 45.1 Å². The van der Waals surface area contributed by atoms with Crippen molar-refractivity contribution in [3.8, 4) is 0 Å². The lowest BCUT2D eigenvalue weighted by Gasteiger charge is -2.35. The van der Waals surface area contributed by atoms with E-state index in [0.717, 1.165) is 42.2 Å². The summed E-state index contributed by atoms with van der Waals surface area (Å²) in [4.78, 5) is 2.06. The molecule has 2 N–H and O–H groups in total. The Kier molecular flexibility index (Phi) is 7.30. The molecule has 5 nitrogen and oxygen atoms in total. The molecule has 0 spiro atoms. The fraction of sp³-hybridized carbons (Fsp3) is 0.400. The zero-order valence-corrected chi connectivity index (χ0v) is 19.6. The molecule has 35 heavy (non-hydrogen) atoms. The maximum atomic E-state index is 14.3. The molecule has 1 aliphatic rings. The average molecular weight is 494 g/mol. The Balaban J connectivity index is 1.37. The zero-order chi connectivity index (χ0) is 25.2. The molecule has 2 heterocycles. The van der Waals surface area contributed by atoms with E-state index in [4.69, 9.17) is 0 Å². The highest BCUT2D eigenvalue weighted by Crippen LogP contribution is 2.33. The van der Waals surface area contributed by atoms with Crippen LogP contribution in [0.3, 0.4) is 0 Å². The minimum Gasteiger partial charge on any atom is -0.369 e. The second-order valence-electron chi connectivity index (χ2n) is 8.84. The van der Waals surface area contributed by atoms with E-state index < -0.39 is 23.1 Å². The Labute approximate surface area is 200 Å². The standard InChI is InChI=1S/C25H28F5N5/c1-16-5-3-8-22(27)23(16)35-11-9-18(10-12-35)31-13-17-15-34(2)33-24(17)32-14-19-20(25(28,29)30)6-4-7-21(19)26/h3-8,15,18,31H,9-14H2,1-2H3,(H,32,33). The Morgan fingerprint density at radius 3 is 2.37 bits per heavy atom. The molecule has 0 atom stereocenters. The molecule has 10 heteroatoms. The van der Waals surface area contributed by atoms with E-state index in [1.807, 2.05) is 13.0 Å². The highest BCUT2D eigenvalue weighted by molar-refractivity contribution is 5.54. The first-order valence-electron chi connectivity index (χ1n) is 11.5. The van der Waals surface area contributed by atoms with Gasteiger partial charge in [0.2, 0.25) is 0 Å². The van der Waals surface area contributed by atoms with E-state index in [9.17, 15) is 22.0 Å². The summed E-state index contributed by atoms with van der Waals surface area (Å²) < 4.78 is 69.9. The molecule has 1 saturated heterocycles. The van der Waals surface area contributed by atoms with Crippen molar-refractivity contribution in [2.24, 2.45) is 7.05 Å². The van der Waals surface area contributed by atoms with Gasteiger partial charge in [0.05, 0.1) is 11.3 Å². The smallest absolute Gasteiger partial charge is 0.369 e. The number of benzene rings is 2. The van der Waals surface area contributed by atoms with Gasteiger partial charge in [0, 0.05) is 56.6 Å². The third-order valence-corrected chi connectivity index (χ3v) is 6.34. The van der Waals surface area contributed by atoms with Crippen LogP contribution in [0.25, 0.3) is 0 Å². The van der Waals surface area contributed by atoms with Crippen molar-refractivity contribution < 1.29 is 22.0 Å². The highest BCUT2D eigenvalue weighted by atomic mass is 19.4. The summed E-state index contributed by atoms with van der Waals surface area (Å²) in [5, 5.41) is 10.6. The van der Waals surface area contributed by atoms with Gasteiger partial charge in [-0.05, 0) is 43.5 Å². The van der Waals surface area contributed by atoms with Gasteiger partial charge in [-0.25, -0.2) is 8.78 Å². The first-order chi connectivity index (χ1) is 16.6. The molecule has 0 saturated carbocycles. The average Bonchev–Trinajstić information content (AvgIpc) is 3.16. The number of hydrogen-bond donors (Lipinski definition) is 2. The van der Waals surface area contributed by atoms with Crippen LogP contribution in [-0.4, -0.2) is 28.9 Å². The maximum absolute atomic E-state index is 14.3. The normalized spacial score (nSPS) is 15.0. The summed E-state index contributed by atoms with van der Waals surface area (Å²) in [6, 6.07) is 8.23. The molecule has 4 rings (SSSR count). The number of aryl methyl sites for hydroxylation is 2. The van der Waals surface area contributed by atoms with Crippen LogP contribution in [0, 0.1) is 18.6 Å². The van der Waals surface area contributed by atoms with Crippen LogP contribution in [-0.2, 0) is 26.3 Å². The predicted octanol–water partition coefficient (Wildman–Crippen LogP) is 5.40. The molecule has 1 aliphatic heterocycles. The van der Waals surface area contributed by atoms with Gasteiger partial charge in [0.25, 0.3) is 0 Å². The minimum atomic E-state index is -4.65. The summed E-state index contributed by atoms with van der Waals surface area (Å²) in [7, 11) is 1.72. The molecule has 1 aromatic heterocycles. The van der Waals surface area contributed by atoms with E-state index in [0.29, 0.717) is 31.1 Å². The van der Waals surface area contributed by atoms with Gasteiger partial charge in [-0.15, -0.1) is 0 Å². The Morgan fingerprint density at radius 1 is 1.00 bits per heavy atom. The molecule has 0 radical (unpaired) electrons. The fourth-order valence-electron chi connectivity index (χ4n) is 4.58. The van der Waals surface area contributed by atoms with Crippen LogP contribution in [0.15, 0.2) is 42.6 Å². The van der Waals surface area contributed by atoms with Gasteiger partial charge in [-0.1, -0.05) is 18.2 Å². The number of rotatable bonds is 7. The second-order valence-corrected chi connectivity index (χ2v) is 8.84. The molecular formula is C25H28F5N5. The third kappa shape index (κ3) is 5.75. The zero-order valence-electron chi connectivity index (χ0n) is 19.6. The predicted molar refractivity (Wildman–Crippen MR) is 125 cm³/mol. The third-order valence-electron chi connectivity index (χ3n) is 6.34. The number of piperidine rings is 1. The van der Waals surface area contributed by atoms with Crippen LogP contribution in [0.1, 0.15) is 35.1 Å². The Morgan fingerprint density at radius 2 is 1.69 bits per heavy atom. The van der Waals surface area contributed by atoms with E-state index in [1.165, 1.54) is 6.07 Å². The van der Waals surface area contributed by atoms with Crippen LogP contribution >= 0.6 is 0 Å².